The van der Waals surface area contributed by atoms with E-state index in [0.717, 1.165) is 23.9 Å². The Balaban J connectivity index is 1.53. The van der Waals surface area contributed by atoms with E-state index in [9.17, 15) is 0 Å². The molecule has 3 saturated heterocycles. The van der Waals surface area contributed by atoms with Crippen molar-refractivity contribution in [3.63, 3.8) is 0 Å². The van der Waals surface area contributed by atoms with Gasteiger partial charge in [0, 0.05) is 18.6 Å². The second-order valence-corrected chi connectivity index (χ2v) is 6.24. The Labute approximate surface area is 99.8 Å². The van der Waals surface area contributed by atoms with Gasteiger partial charge in [0.2, 0.25) is 0 Å². The molecule has 2 nitrogen and oxygen atoms in total. The number of hydrogen-bond donors (Lipinski definition) is 1. The van der Waals surface area contributed by atoms with Gasteiger partial charge in [0.1, 0.15) is 0 Å². The fraction of sp³-hybridized carbons (Fsp3) is 1.00. The number of nitrogens with zero attached hydrogens (tertiary/aromatic N) is 1. The molecule has 0 spiro atoms. The van der Waals surface area contributed by atoms with Crippen LogP contribution in [-0.4, -0.2) is 36.6 Å². The highest BCUT2D eigenvalue weighted by Gasteiger charge is 2.35. The Hall–Kier alpha value is -0.0800. The second-order valence-electron chi connectivity index (χ2n) is 6.24. The summed E-state index contributed by atoms with van der Waals surface area (Å²) in [6, 6.07) is 1.56. The first-order valence-electron chi connectivity index (χ1n) is 7.31. The Kier molecular flexibility index (Phi) is 3.21. The number of fused-ring (bicyclic) bond motifs is 3. The molecule has 0 aromatic rings. The minimum atomic E-state index is 0.757. The molecular weight excluding hydrogens is 196 g/mol. The van der Waals surface area contributed by atoms with Crippen LogP contribution in [0.3, 0.4) is 0 Å². The van der Waals surface area contributed by atoms with Crippen LogP contribution in [-0.2, 0) is 0 Å². The largest absolute Gasteiger partial charge is 0.310 e. The molecule has 1 N–H and O–H groups in total. The van der Waals surface area contributed by atoms with E-state index < -0.39 is 0 Å². The van der Waals surface area contributed by atoms with Crippen LogP contribution < -0.4 is 5.32 Å². The molecule has 0 amide bonds. The highest BCUT2D eigenvalue weighted by Crippen LogP contribution is 2.31. The SMILES string of the molecule is C[C@H](NC1CN2CCC1CC2)C1CCCC1. The summed E-state index contributed by atoms with van der Waals surface area (Å²) in [4.78, 5) is 2.65. The van der Waals surface area contributed by atoms with Gasteiger partial charge in [0.15, 0.2) is 0 Å². The minimum Gasteiger partial charge on any atom is -0.310 e. The van der Waals surface area contributed by atoms with Crippen LogP contribution in [0.4, 0.5) is 0 Å². The molecule has 1 saturated carbocycles. The molecule has 4 fully saturated rings. The van der Waals surface area contributed by atoms with Gasteiger partial charge in [-0.2, -0.15) is 0 Å². The van der Waals surface area contributed by atoms with Gasteiger partial charge in [-0.15, -0.1) is 0 Å². The zero-order valence-corrected chi connectivity index (χ0v) is 10.6. The average Bonchev–Trinajstić information content (AvgIpc) is 2.84. The summed E-state index contributed by atoms with van der Waals surface area (Å²) in [7, 11) is 0. The normalized spacial score (nSPS) is 41.4. The summed E-state index contributed by atoms with van der Waals surface area (Å²) in [5.74, 6) is 1.95. The fourth-order valence-electron chi connectivity index (χ4n) is 4.09. The van der Waals surface area contributed by atoms with Crippen molar-refractivity contribution in [2.45, 2.75) is 57.5 Å². The molecule has 4 aliphatic rings. The maximum absolute atomic E-state index is 3.95. The van der Waals surface area contributed by atoms with Crippen molar-refractivity contribution in [2.75, 3.05) is 19.6 Å². The maximum atomic E-state index is 3.95. The number of hydrogen-bond acceptors (Lipinski definition) is 2. The first-order chi connectivity index (χ1) is 7.83. The van der Waals surface area contributed by atoms with Gasteiger partial charge in [-0.25, -0.2) is 0 Å². The summed E-state index contributed by atoms with van der Waals surface area (Å²) >= 11 is 0. The lowest BCUT2D eigenvalue weighted by molar-refractivity contribution is 0.0640. The van der Waals surface area contributed by atoms with Gasteiger partial charge >= 0.3 is 0 Å². The predicted molar refractivity (Wildman–Crippen MR) is 67.5 cm³/mol. The molecule has 2 bridgehead atoms. The summed E-state index contributed by atoms with van der Waals surface area (Å²) in [5, 5.41) is 3.95. The quantitative estimate of drug-likeness (QED) is 0.788. The molecular formula is C14H26N2. The van der Waals surface area contributed by atoms with Crippen LogP contribution >= 0.6 is 0 Å². The van der Waals surface area contributed by atoms with Gasteiger partial charge in [-0.05, 0) is 57.5 Å². The Morgan fingerprint density at radius 3 is 2.31 bits per heavy atom. The van der Waals surface area contributed by atoms with Crippen LogP contribution in [0.5, 0.6) is 0 Å². The first kappa shape index (κ1) is 11.0. The highest BCUT2D eigenvalue weighted by atomic mass is 15.2. The monoisotopic (exact) mass is 222 g/mol. The molecule has 3 heterocycles. The van der Waals surface area contributed by atoms with E-state index in [1.165, 1.54) is 58.2 Å². The van der Waals surface area contributed by atoms with E-state index in [4.69, 9.17) is 0 Å². The minimum absolute atomic E-state index is 0.757. The summed E-state index contributed by atoms with van der Waals surface area (Å²) in [6.45, 7) is 6.47. The van der Waals surface area contributed by atoms with Gasteiger partial charge in [0.05, 0.1) is 0 Å². The van der Waals surface area contributed by atoms with Crippen LogP contribution in [0.15, 0.2) is 0 Å². The molecule has 4 rings (SSSR count). The van der Waals surface area contributed by atoms with E-state index in [0.29, 0.717) is 0 Å². The van der Waals surface area contributed by atoms with Gasteiger partial charge in [-0.3, -0.25) is 0 Å². The third-order valence-corrected chi connectivity index (χ3v) is 5.24. The van der Waals surface area contributed by atoms with Crippen LogP contribution in [0.1, 0.15) is 45.4 Å². The van der Waals surface area contributed by atoms with Crippen LogP contribution in [0.25, 0.3) is 0 Å². The zero-order chi connectivity index (χ0) is 11.0. The standard InChI is InChI=1S/C14H26N2/c1-11(12-4-2-3-5-12)15-14-10-16-8-6-13(14)7-9-16/h11-15H,2-10H2,1H3/t11-,14?/m0/s1. The summed E-state index contributed by atoms with van der Waals surface area (Å²) in [6.07, 6.45) is 8.75. The number of rotatable bonds is 3. The molecule has 3 aliphatic heterocycles. The van der Waals surface area contributed by atoms with Crippen molar-refractivity contribution in [3.05, 3.63) is 0 Å². The highest BCUT2D eigenvalue weighted by molar-refractivity contribution is 4.93. The van der Waals surface area contributed by atoms with Gasteiger partial charge in [0.25, 0.3) is 0 Å². The van der Waals surface area contributed by atoms with Crippen molar-refractivity contribution >= 4 is 0 Å². The Morgan fingerprint density at radius 2 is 1.75 bits per heavy atom. The Bertz CT molecular complexity index is 227. The maximum Gasteiger partial charge on any atom is 0.0226 e. The summed E-state index contributed by atoms with van der Waals surface area (Å²) < 4.78 is 0. The van der Waals surface area contributed by atoms with Crippen molar-refractivity contribution in [2.24, 2.45) is 11.8 Å². The third kappa shape index (κ3) is 2.14. The van der Waals surface area contributed by atoms with Crippen molar-refractivity contribution in [1.29, 1.82) is 0 Å². The van der Waals surface area contributed by atoms with Crippen molar-refractivity contribution in [1.82, 2.24) is 10.2 Å². The molecule has 1 aliphatic carbocycles. The first-order valence-corrected chi connectivity index (χ1v) is 7.31. The lowest BCUT2D eigenvalue weighted by atomic mass is 9.83. The van der Waals surface area contributed by atoms with Gasteiger partial charge in [-0.1, -0.05) is 12.8 Å². The molecule has 16 heavy (non-hydrogen) atoms. The fourth-order valence-corrected chi connectivity index (χ4v) is 4.09. The molecule has 1 unspecified atom stereocenters. The summed E-state index contributed by atoms with van der Waals surface area (Å²) in [5.41, 5.74) is 0. The van der Waals surface area contributed by atoms with Crippen LogP contribution in [0.2, 0.25) is 0 Å². The van der Waals surface area contributed by atoms with E-state index >= 15 is 0 Å². The molecule has 0 aromatic carbocycles. The molecule has 2 atom stereocenters. The smallest absolute Gasteiger partial charge is 0.0226 e. The van der Waals surface area contributed by atoms with E-state index in [1.807, 2.05) is 0 Å². The number of nitrogens with one attached hydrogen (secondary N) is 1. The topological polar surface area (TPSA) is 15.3 Å². The van der Waals surface area contributed by atoms with Crippen molar-refractivity contribution < 1.29 is 0 Å². The number of piperidine rings is 3. The van der Waals surface area contributed by atoms with E-state index in [2.05, 4.69) is 17.1 Å². The average molecular weight is 222 g/mol. The zero-order valence-electron chi connectivity index (χ0n) is 10.6. The lowest BCUT2D eigenvalue weighted by Crippen LogP contribution is -2.58. The second kappa shape index (κ2) is 4.66. The van der Waals surface area contributed by atoms with E-state index in [-0.39, 0.29) is 0 Å². The Morgan fingerprint density at radius 1 is 1.06 bits per heavy atom. The molecule has 0 radical (unpaired) electrons. The van der Waals surface area contributed by atoms with E-state index in [1.54, 1.807) is 0 Å². The predicted octanol–water partition coefficient (Wildman–Crippen LogP) is 2.25. The van der Waals surface area contributed by atoms with Gasteiger partial charge < -0.3 is 10.2 Å². The molecule has 92 valence electrons. The van der Waals surface area contributed by atoms with Crippen molar-refractivity contribution in [3.8, 4) is 0 Å². The third-order valence-electron chi connectivity index (χ3n) is 5.24. The lowest BCUT2D eigenvalue weighted by Gasteiger charge is -2.46. The van der Waals surface area contributed by atoms with Crippen LogP contribution in [0, 0.1) is 11.8 Å². The molecule has 2 heteroatoms. The molecule has 0 aromatic heterocycles.